The zero-order valence-corrected chi connectivity index (χ0v) is 11.0. The lowest BCUT2D eigenvalue weighted by Crippen LogP contribution is -2.45. The first-order valence-electron chi connectivity index (χ1n) is 5.95. The molecule has 0 bridgehead atoms. The number of nitrogens with zero attached hydrogens (tertiary/aromatic N) is 2. The highest BCUT2D eigenvalue weighted by atomic mass is 19.3. The maximum absolute atomic E-state index is 13.9. The molecule has 0 unspecified atom stereocenters. The molecule has 2 atom stereocenters. The van der Waals surface area contributed by atoms with E-state index in [1.807, 2.05) is 0 Å². The molecule has 2 aliphatic heterocycles. The fraction of sp³-hybridized carbons (Fsp3) is 0.909. The van der Waals surface area contributed by atoms with Crippen molar-refractivity contribution in [1.29, 1.82) is 0 Å². The van der Waals surface area contributed by atoms with Gasteiger partial charge in [-0.3, -0.25) is 10.3 Å². The van der Waals surface area contributed by atoms with Crippen LogP contribution in [0.25, 0.3) is 0 Å². The normalized spacial score (nSPS) is 31.6. The van der Waals surface area contributed by atoms with E-state index >= 15 is 0 Å². The first-order chi connectivity index (χ1) is 8.12. The van der Waals surface area contributed by atoms with Crippen LogP contribution in [0.15, 0.2) is 0 Å². The van der Waals surface area contributed by atoms with Crippen LogP contribution in [0.5, 0.6) is 0 Å². The SMILES string of the molecule is CN1NC[C@@H]2[C@H]1C(F)(F)CN2C(=O)OC(C)(C)C. The van der Waals surface area contributed by atoms with Crippen molar-refractivity contribution in [2.45, 2.75) is 44.4 Å². The number of alkyl halides is 2. The Bertz CT molecular complexity index is 357. The maximum atomic E-state index is 13.9. The summed E-state index contributed by atoms with van der Waals surface area (Å²) >= 11 is 0. The minimum atomic E-state index is -2.92. The largest absolute Gasteiger partial charge is 0.444 e. The molecule has 7 heteroatoms. The van der Waals surface area contributed by atoms with E-state index in [0.29, 0.717) is 6.54 Å². The monoisotopic (exact) mass is 263 g/mol. The molecular formula is C11H19F2N3O2. The van der Waals surface area contributed by atoms with Crippen molar-refractivity contribution in [1.82, 2.24) is 15.3 Å². The van der Waals surface area contributed by atoms with Gasteiger partial charge in [0.1, 0.15) is 11.6 Å². The Kier molecular flexibility index (Phi) is 3.02. The third-order valence-corrected chi connectivity index (χ3v) is 3.17. The van der Waals surface area contributed by atoms with Crippen molar-refractivity contribution < 1.29 is 18.3 Å². The van der Waals surface area contributed by atoms with Gasteiger partial charge in [-0.05, 0) is 20.8 Å². The van der Waals surface area contributed by atoms with Crippen LogP contribution in [0.1, 0.15) is 20.8 Å². The van der Waals surface area contributed by atoms with Gasteiger partial charge < -0.3 is 4.74 Å². The molecule has 2 saturated heterocycles. The number of hydrogen-bond donors (Lipinski definition) is 1. The molecule has 2 fully saturated rings. The molecule has 0 radical (unpaired) electrons. The van der Waals surface area contributed by atoms with E-state index < -0.39 is 36.2 Å². The van der Waals surface area contributed by atoms with Gasteiger partial charge in [-0.2, -0.15) is 0 Å². The van der Waals surface area contributed by atoms with Gasteiger partial charge >= 0.3 is 6.09 Å². The minimum Gasteiger partial charge on any atom is -0.444 e. The fourth-order valence-electron chi connectivity index (χ4n) is 2.51. The number of ether oxygens (including phenoxy) is 1. The van der Waals surface area contributed by atoms with Crippen molar-refractivity contribution in [3.8, 4) is 0 Å². The van der Waals surface area contributed by atoms with E-state index in [0.717, 1.165) is 4.90 Å². The highest BCUT2D eigenvalue weighted by Crippen LogP contribution is 2.38. The number of hydrazine groups is 1. The molecule has 5 nitrogen and oxygen atoms in total. The number of likely N-dealkylation sites (tertiary alicyclic amines) is 1. The molecule has 1 amide bonds. The van der Waals surface area contributed by atoms with E-state index in [2.05, 4.69) is 5.43 Å². The summed E-state index contributed by atoms with van der Waals surface area (Å²) in [5.41, 5.74) is 2.15. The van der Waals surface area contributed by atoms with Crippen LogP contribution in [0.3, 0.4) is 0 Å². The summed E-state index contributed by atoms with van der Waals surface area (Å²) < 4.78 is 32.9. The zero-order valence-electron chi connectivity index (χ0n) is 11.0. The zero-order chi connectivity index (χ0) is 13.7. The van der Waals surface area contributed by atoms with E-state index in [-0.39, 0.29) is 0 Å². The van der Waals surface area contributed by atoms with Crippen molar-refractivity contribution in [3.05, 3.63) is 0 Å². The average molecular weight is 263 g/mol. The first-order valence-corrected chi connectivity index (χ1v) is 5.95. The van der Waals surface area contributed by atoms with E-state index in [1.165, 1.54) is 5.01 Å². The number of likely N-dealkylation sites (N-methyl/N-ethyl adjacent to an activating group) is 1. The molecule has 2 aliphatic rings. The second-order valence-electron chi connectivity index (χ2n) is 5.85. The summed E-state index contributed by atoms with van der Waals surface area (Å²) in [5, 5.41) is 1.38. The number of amides is 1. The van der Waals surface area contributed by atoms with Crippen LogP contribution >= 0.6 is 0 Å². The highest BCUT2D eigenvalue weighted by Gasteiger charge is 2.60. The second-order valence-corrected chi connectivity index (χ2v) is 5.85. The van der Waals surface area contributed by atoms with E-state index in [9.17, 15) is 13.6 Å². The van der Waals surface area contributed by atoms with Gasteiger partial charge in [0.05, 0.1) is 12.6 Å². The average Bonchev–Trinajstić information content (AvgIpc) is 2.65. The second kappa shape index (κ2) is 4.03. The van der Waals surface area contributed by atoms with E-state index in [4.69, 9.17) is 4.74 Å². The Hall–Kier alpha value is -0.950. The van der Waals surface area contributed by atoms with Crippen LogP contribution in [-0.2, 0) is 4.74 Å². The Labute approximate surface area is 105 Å². The smallest absolute Gasteiger partial charge is 0.410 e. The number of nitrogens with one attached hydrogen (secondary N) is 1. The molecule has 0 saturated carbocycles. The summed E-state index contributed by atoms with van der Waals surface area (Å²) in [6.45, 7) is 4.90. The van der Waals surface area contributed by atoms with Crippen LogP contribution in [0.4, 0.5) is 13.6 Å². The molecule has 2 rings (SSSR count). The summed E-state index contributed by atoms with van der Waals surface area (Å²) in [6.07, 6.45) is -0.674. The summed E-state index contributed by atoms with van der Waals surface area (Å²) in [7, 11) is 1.57. The summed E-state index contributed by atoms with van der Waals surface area (Å²) in [6, 6.07) is -1.52. The van der Waals surface area contributed by atoms with Gasteiger partial charge in [0, 0.05) is 13.6 Å². The Morgan fingerprint density at radius 1 is 1.44 bits per heavy atom. The number of hydrogen-bond acceptors (Lipinski definition) is 4. The van der Waals surface area contributed by atoms with Gasteiger partial charge in [-0.1, -0.05) is 0 Å². The topological polar surface area (TPSA) is 44.8 Å². The Morgan fingerprint density at radius 3 is 2.61 bits per heavy atom. The molecular weight excluding hydrogens is 244 g/mol. The number of carbonyl (C=O) groups excluding carboxylic acids is 1. The molecule has 0 spiro atoms. The third-order valence-electron chi connectivity index (χ3n) is 3.17. The molecule has 2 heterocycles. The number of carbonyl (C=O) groups is 1. The van der Waals surface area contributed by atoms with Gasteiger partial charge in [0.25, 0.3) is 5.92 Å². The summed E-state index contributed by atoms with van der Waals surface area (Å²) in [4.78, 5) is 13.1. The van der Waals surface area contributed by atoms with E-state index in [1.54, 1.807) is 27.8 Å². The lowest BCUT2D eigenvalue weighted by atomic mass is 10.1. The van der Waals surface area contributed by atoms with Gasteiger partial charge in [-0.15, -0.1) is 0 Å². The summed E-state index contributed by atoms with van der Waals surface area (Å²) in [5.74, 6) is -2.92. The quantitative estimate of drug-likeness (QED) is 0.710. The van der Waals surface area contributed by atoms with Gasteiger partial charge in [0.15, 0.2) is 0 Å². The van der Waals surface area contributed by atoms with Crippen molar-refractivity contribution >= 4 is 6.09 Å². The molecule has 0 aliphatic carbocycles. The van der Waals surface area contributed by atoms with Crippen LogP contribution in [0, 0.1) is 0 Å². The molecule has 0 aromatic heterocycles. The molecule has 104 valence electrons. The lowest BCUT2D eigenvalue weighted by molar-refractivity contribution is -0.0492. The standard InChI is InChI=1S/C11H19F2N3O2/c1-10(2,3)18-9(17)16-6-11(12,13)8-7(16)5-14-15(8)4/h7-8,14H,5-6H2,1-4H3/t7-,8+/m1/s1. The van der Waals surface area contributed by atoms with Crippen LogP contribution in [0.2, 0.25) is 0 Å². The van der Waals surface area contributed by atoms with Crippen molar-refractivity contribution in [3.63, 3.8) is 0 Å². The number of rotatable bonds is 0. The lowest BCUT2D eigenvalue weighted by Gasteiger charge is -2.27. The number of halogens is 2. The van der Waals surface area contributed by atoms with Crippen LogP contribution < -0.4 is 5.43 Å². The molecule has 0 aromatic carbocycles. The van der Waals surface area contributed by atoms with Gasteiger partial charge in [-0.25, -0.2) is 18.6 Å². The highest BCUT2D eigenvalue weighted by molar-refractivity contribution is 5.69. The third kappa shape index (κ3) is 2.29. The Balaban J connectivity index is 2.14. The van der Waals surface area contributed by atoms with Gasteiger partial charge in [0.2, 0.25) is 0 Å². The van der Waals surface area contributed by atoms with Crippen molar-refractivity contribution in [2.24, 2.45) is 0 Å². The van der Waals surface area contributed by atoms with Crippen LogP contribution in [-0.4, -0.2) is 59.7 Å². The first kappa shape index (κ1) is 13.5. The predicted molar refractivity (Wildman–Crippen MR) is 61.2 cm³/mol. The molecule has 0 aromatic rings. The predicted octanol–water partition coefficient (Wildman–Crippen LogP) is 1.06. The molecule has 18 heavy (non-hydrogen) atoms. The Morgan fingerprint density at radius 2 is 2.06 bits per heavy atom. The minimum absolute atomic E-state index is 0.329. The number of fused-ring (bicyclic) bond motifs is 1. The van der Waals surface area contributed by atoms with Crippen molar-refractivity contribution in [2.75, 3.05) is 20.1 Å². The molecule has 1 N–H and O–H groups in total. The fourth-order valence-corrected chi connectivity index (χ4v) is 2.51. The maximum Gasteiger partial charge on any atom is 0.410 e.